The van der Waals surface area contributed by atoms with Crippen LogP contribution in [0.15, 0.2) is 79.0 Å². The standard InChI is InChI=1S/C24H22N2/c1-17-10-7-8-15-21(17)26-22(23-18(2)11-9-12-19(23)3)16-25-24(26)20-13-5-4-6-14-20/h4-16H,1-3H3. The predicted molar refractivity (Wildman–Crippen MR) is 109 cm³/mol. The van der Waals surface area contributed by atoms with E-state index in [1.165, 1.54) is 27.9 Å². The largest absolute Gasteiger partial charge is 0.292 e. The maximum atomic E-state index is 4.83. The lowest BCUT2D eigenvalue weighted by atomic mass is 10.00. The zero-order valence-electron chi connectivity index (χ0n) is 15.4. The molecule has 0 unspecified atom stereocenters. The smallest absolute Gasteiger partial charge is 0.144 e. The first kappa shape index (κ1) is 16.3. The van der Waals surface area contributed by atoms with Crippen LogP contribution in [0.3, 0.4) is 0 Å². The van der Waals surface area contributed by atoms with E-state index in [1.807, 2.05) is 12.3 Å². The summed E-state index contributed by atoms with van der Waals surface area (Å²) >= 11 is 0. The number of aromatic nitrogens is 2. The van der Waals surface area contributed by atoms with Crippen LogP contribution in [0.25, 0.3) is 28.3 Å². The van der Waals surface area contributed by atoms with Crippen molar-refractivity contribution in [2.45, 2.75) is 20.8 Å². The molecule has 0 saturated heterocycles. The molecule has 0 atom stereocenters. The van der Waals surface area contributed by atoms with Crippen molar-refractivity contribution in [2.75, 3.05) is 0 Å². The Morgan fingerprint density at radius 3 is 1.96 bits per heavy atom. The van der Waals surface area contributed by atoms with E-state index in [1.54, 1.807) is 0 Å². The van der Waals surface area contributed by atoms with Crippen molar-refractivity contribution in [3.8, 4) is 28.3 Å². The Bertz CT molecular complexity index is 1040. The van der Waals surface area contributed by atoms with E-state index < -0.39 is 0 Å². The average molecular weight is 338 g/mol. The van der Waals surface area contributed by atoms with Crippen LogP contribution in [0, 0.1) is 20.8 Å². The van der Waals surface area contributed by atoms with Gasteiger partial charge < -0.3 is 0 Å². The molecule has 0 aliphatic rings. The molecule has 0 bridgehead atoms. The summed E-state index contributed by atoms with van der Waals surface area (Å²) in [6, 6.07) is 25.3. The van der Waals surface area contributed by atoms with Gasteiger partial charge in [-0.25, -0.2) is 4.98 Å². The molecule has 0 aliphatic carbocycles. The van der Waals surface area contributed by atoms with E-state index in [-0.39, 0.29) is 0 Å². The zero-order valence-corrected chi connectivity index (χ0v) is 15.4. The molecule has 3 aromatic carbocycles. The van der Waals surface area contributed by atoms with E-state index in [0.29, 0.717) is 0 Å². The lowest BCUT2D eigenvalue weighted by Gasteiger charge is -2.17. The summed E-state index contributed by atoms with van der Waals surface area (Å²) in [6.07, 6.45) is 2.00. The Morgan fingerprint density at radius 2 is 1.27 bits per heavy atom. The zero-order chi connectivity index (χ0) is 18.1. The van der Waals surface area contributed by atoms with Crippen molar-refractivity contribution in [2.24, 2.45) is 0 Å². The number of hydrogen-bond donors (Lipinski definition) is 0. The summed E-state index contributed by atoms with van der Waals surface area (Å²) in [5.41, 5.74) is 8.43. The summed E-state index contributed by atoms with van der Waals surface area (Å²) in [4.78, 5) is 4.83. The van der Waals surface area contributed by atoms with Crippen LogP contribution >= 0.6 is 0 Å². The Labute approximate surface area is 154 Å². The molecule has 0 saturated carbocycles. The van der Waals surface area contributed by atoms with Gasteiger partial charge in [0.2, 0.25) is 0 Å². The number of imidazole rings is 1. The molecule has 2 nitrogen and oxygen atoms in total. The highest BCUT2D eigenvalue weighted by molar-refractivity contribution is 5.74. The number of rotatable bonds is 3. The number of benzene rings is 3. The molecule has 0 aliphatic heterocycles. The summed E-state index contributed by atoms with van der Waals surface area (Å²) in [7, 11) is 0. The van der Waals surface area contributed by atoms with Gasteiger partial charge in [-0.05, 0) is 43.5 Å². The third-order valence-corrected chi connectivity index (χ3v) is 4.89. The van der Waals surface area contributed by atoms with Gasteiger partial charge in [0.15, 0.2) is 0 Å². The summed E-state index contributed by atoms with van der Waals surface area (Å²) < 4.78 is 2.29. The molecular weight excluding hydrogens is 316 g/mol. The number of aryl methyl sites for hydroxylation is 3. The highest BCUT2D eigenvalue weighted by Gasteiger charge is 2.18. The predicted octanol–water partition coefficient (Wildman–Crippen LogP) is 6.13. The lowest BCUT2D eigenvalue weighted by molar-refractivity contribution is 1.05. The van der Waals surface area contributed by atoms with Crippen molar-refractivity contribution in [3.63, 3.8) is 0 Å². The minimum Gasteiger partial charge on any atom is -0.292 e. The van der Waals surface area contributed by atoms with Gasteiger partial charge in [0.05, 0.1) is 17.6 Å². The third kappa shape index (κ3) is 2.74. The van der Waals surface area contributed by atoms with Crippen LogP contribution < -0.4 is 0 Å². The molecule has 128 valence electrons. The number of para-hydroxylation sites is 1. The van der Waals surface area contributed by atoms with Crippen LogP contribution in [0.1, 0.15) is 16.7 Å². The quantitative estimate of drug-likeness (QED) is 0.439. The van der Waals surface area contributed by atoms with Crippen molar-refractivity contribution in [1.82, 2.24) is 9.55 Å². The summed E-state index contributed by atoms with van der Waals surface area (Å²) in [5, 5.41) is 0. The van der Waals surface area contributed by atoms with E-state index in [4.69, 9.17) is 4.98 Å². The normalized spacial score (nSPS) is 10.9. The molecule has 0 amide bonds. The average Bonchev–Trinajstić information content (AvgIpc) is 3.07. The maximum Gasteiger partial charge on any atom is 0.144 e. The van der Waals surface area contributed by atoms with E-state index in [9.17, 15) is 0 Å². The number of nitrogens with zero attached hydrogens (tertiary/aromatic N) is 2. The summed E-state index contributed by atoms with van der Waals surface area (Å²) in [6.45, 7) is 6.48. The van der Waals surface area contributed by atoms with Gasteiger partial charge >= 0.3 is 0 Å². The first-order valence-corrected chi connectivity index (χ1v) is 8.92. The topological polar surface area (TPSA) is 17.8 Å². The van der Waals surface area contributed by atoms with Crippen LogP contribution in [-0.2, 0) is 0 Å². The maximum absolute atomic E-state index is 4.83. The Hall–Kier alpha value is -3.13. The highest BCUT2D eigenvalue weighted by Crippen LogP contribution is 2.34. The Kier molecular flexibility index (Phi) is 4.18. The molecule has 0 spiro atoms. The van der Waals surface area contributed by atoms with Gasteiger partial charge in [-0.2, -0.15) is 0 Å². The second-order valence-corrected chi connectivity index (χ2v) is 6.72. The SMILES string of the molecule is Cc1ccccc1-n1c(-c2c(C)cccc2C)cnc1-c1ccccc1. The fourth-order valence-electron chi connectivity index (χ4n) is 3.60. The van der Waals surface area contributed by atoms with Gasteiger partial charge in [-0.1, -0.05) is 66.7 Å². The molecule has 1 aromatic heterocycles. The second-order valence-electron chi connectivity index (χ2n) is 6.72. The molecule has 0 radical (unpaired) electrons. The van der Waals surface area contributed by atoms with E-state index >= 15 is 0 Å². The minimum absolute atomic E-state index is 0.970. The van der Waals surface area contributed by atoms with Gasteiger partial charge in [0.1, 0.15) is 5.82 Å². The van der Waals surface area contributed by atoms with E-state index in [2.05, 4.69) is 92.1 Å². The van der Waals surface area contributed by atoms with Gasteiger partial charge in [-0.15, -0.1) is 0 Å². The van der Waals surface area contributed by atoms with Crippen molar-refractivity contribution in [3.05, 3.63) is 95.7 Å². The first-order chi connectivity index (χ1) is 12.7. The molecule has 4 rings (SSSR count). The molecule has 0 fully saturated rings. The molecule has 26 heavy (non-hydrogen) atoms. The van der Waals surface area contributed by atoms with Gasteiger partial charge in [-0.3, -0.25) is 4.57 Å². The third-order valence-electron chi connectivity index (χ3n) is 4.89. The highest BCUT2D eigenvalue weighted by atomic mass is 15.1. The van der Waals surface area contributed by atoms with Crippen LogP contribution in [-0.4, -0.2) is 9.55 Å². The first-order valence-electron chi connectivity index (χ1n) is 8.92. The van der Waals surface area contributed by atoms with Crippen molar-refractivity contribution >= 4 is 0 Å². The lowest BCUT2D eigenvalue weighted by Crippen LogP contribution is -2.03. The Morgan fingerprint density at radius 1 is 0.654 bits per heavy atom. The van der Waals surface area contributed by atoms with Crippen LogP contribution in [0.2, 0.25) is 0 Å². The summed E-state index contributed by atoms with van der Waals surface area (Å²) in [5.74, 6) is 0.970. The molecule has 4 aromatic rings. The monoisotopic (exact) mass is 338 g/mol. The minimum atomic E-state index is 0.970. The molecule has 0 N–H and O–H groups in total. The second kappa shape index (κ2) is 6.64. The van der Waals surface area contributed by atoms with Gasteiger partial charge in [0.25, 0.3) is 0 Å². The van der Waals surface area contributed by atoms with E-state index in [0.717, 1.165) is 17.1 Å². The Balaban J connectivity index is 2.06. The molecular formula is C24H22N2. The van der Waals surface area contributed by atoms with Crippen molar-refractivity contribution < 1.29 is 0 Å². The van der Waals surface area contributed by atoms with Crippen LogP contribution in [0.5, 0.6) is 0 Å². The number of hydrogen-bond acceptors (Lipinski definition) is 1. The molecule has 1 heterocycles. The van der Waals surface area contributed by atoms with Crippen LogP contribution in [0.4, 0.5) is 0 Å². The van der Waals surface area contributed by atoms with Crippen molar-refractivity contribution in [1.29, 1.82) is 0 Å². The van der Waals surface area contributed by atoms with Gasteiger partial charge in [0, 0.05) is 11.1 Å². The fourth-order valence-corrected chi connectivity index (χ4v) is 3.60. The fraction of sp³-hybridized carbons (Fsp3) is 0.125. The molecule has 2 heteroatoms.